The zero-order valence-electron chi connectivity index (χ0n) is 19.6. The second-order valence-electron chi connectivity index (χ2n) is 8.80. The van der Waals surface area contributed by atoms with Crippen molar-refractivity contribution in [1.29, 1.82) is 0 Å². The Kier molecular flexibility index (Phi) is 5.68. The number of pyridine rings is 1. The summed E-state index contributed by atoms with van der Waals surface area (Å²) in [5.74, 6) is -0.326. The molecule has 0 aliphatic carbocycles. The molecule has 3 aromatic heterocycles. The van der Waals surface area contributed by atoms with E-state index in [1.165, 1.54) is 24.4 Å². The van der Waals surface area contributed by atoms with E-state index in [0.29, 0.717) is 47.1 Å². The lowest BCUT2D eigenvalue weighted by Crippen LogP contribution is -2.38. The van der Waals surface area contributed by atoms with Crippen molar-refractivity contribution < 1.29 is 27.0 Å². The van der Waals surface area contributed by atoms with E-state index in [-0.39, 0.29) is 23.3 Å². The molecule has 9 nitrogen and oxygen atoms in total. The standard InChI is InChI=1S/C24H21F4N7O2/c1-34-12-30-21-20-17(14(2-3-29-20)19-23(24(26,27)28)32-33-31-19)15-10-13(25)11-16(18(15)22(21)34)37-9-6-35-4-7-36-8-5-35/h2-3,10-12H,4-9H2,1H3,(H,31,32,33). The van der Waals surface area contributed by atoms with Crippen LogP contribution < -0.4 is 4.74 Å². The first-order valence-electron chi connectivity index (χ1n) is 11.6. The highest BCUT2D eigenvalue weighted by Gasteiger charge is 2.38. The Morgan fingerprint density at radius 2 is 1.92 bits per heavy atom. The van der Waals surface area contributed by atoms with Crippen LogP contribution in [0.4, 0.5) is 17.6 Å². The number of hydrogen-bond donors (Lipinski definition) is 1. The van der Waals surface area contributed by atoms with Crippen LogP contribution in [-0.4, -0.2) is 74.3 Å². The molecule has 1 saturated heterocycles. The van der Waals surface area contributed by atoms with Gasteiger partial charge in [0.1, 0.15) is 29.4 Å². The molecule has 0 atom stereocenters. The molecule has 1 fully saturated rings. The molecular formula is C24H21F4N7O2. The zero-order valence-corrected chi connectivity index (χ0v) is 19.6. The third-order valence-electron chi connectivity index (χ3n) is 6.54. The Morgan fingerprint density at radius 1 is 1.11 bits per heavy atom. The predicted molar refractivity (Wildman–Crippen MR) is 127 cm³/mol. The smallest absolute Gasteiger partial charge is 0.435 e. The van der Waals surface area contributed by atoms with Crippen LogP contribution in [0.15, 0.2) is 30.7 Å². The molecule has 37 heavy (non-hydrogen) atoms. The van der Waals surface area contributed by atoms with Crippen molar-refractivity contribution in [1.82, 2.24) is 34.8 Å². The first-order chi connectivity index (χ1) is 17.8. The van der Waals surface area contributed by atoms with Crippen LogP contribution in [0, 0.1) is 5.82 Å². The first-order valence-corrected chi connectivity index (χ1v) is 11.6. The van der Waals surface area contributed by atoms with E-state index >= 15 is 4.39 Å². The van der Waals surface area contributed by atoms with Crippen LogP contribution in [-0.2, 0) is 18.0 Å². The number of benzene rings is 2. The van der Waals surface area contributed by atoms with Crippen LogP contribution in [0.25, 0.3) is 44.0 Å². The number of ether oxygens (including phenoxy) is 2. The van der Waals surface area contributed by atoms with Gasteiger partial charge in [0.15, 0.2) is 5.69 Å². The normalized spacial score (nSPS) is 15.3. The fourth-order valence-electron chi connectivity index (χ4n) is 4.87. The van der Waals surface area contributed by atoms with Gasteiger partial charge in [-0.3, -0.25) is 15.0 Å². The SMILES string of the molecule is Cn1cnc2c3nccc(-c4nn[nH]c4C(F)(F)F)c3c3cc(F)cc(OCCN4CCOCC4)c3c21. The van der Waals surface area contributed by atoms with E-state index in [4.69, 9.17) is 9.47 Å². The number of imidazole rings is 1. The number of rotatable bonds is 5. The van der Waals surface area contributed by atoms with Crippen molar-refractivity contribution >= 4 is 32.7 Å². The molecule has 0 spiro atoms. The summed E-state index contributed by atoms with van der Waals surface area (Å²) in [6.07, 6.45) is -1.76. The topological polar surface area (TPSA) is 94.0 Å². The largest absolute Gasteiger partial charge is 0.491 e. The maximum Gasteiger partial charge on any atom is 0.435 e. The van der Waals surface area contributed by atoms with Gasteiger partial charge in [0.05, 0.1) is 36.0 Å². The number of H-pyrrole nitrogens is 1. The number of aryl methyl sites for hydroxylation is 1. The van der Waals surface area contributed by atoms with Crippen molar-refractivity contribution in [2.75, 3.05) is 39.5 Å². The van der Waals surface area contributed by atoms with Gasteiger partial charge in [-0.1, -0.05) is 5.21 Å². The van der Waals surface area contributed by atoms with Gasteiger partial charge in [-0.25, -0.2) is 9.37 Å². The average molecular weight is 515 g/mol. The van der Waals surface area contributed by atoms with Crippen LogP contribution in [0.1, 0.15) is 5.69 Å². The quantitative estimate of drug-likeness (QED) is 0.280. The Hall–Kier alpha value is -3.84. The summed E-state index contributed by atoms with van der Waals surface area (Å²) in [5.41, 5.74) is -0.00321. The van der Waals surface area contributed by atoms with Gasteiger partial charge in [-0.05, 0) is 12.1 Å². The van der Waals surface area contributed by atoms with Gasteiger partial charge in [-0.15, -0.1) is 5.10 Å². The molecule has 1 aliphatic rings. The lowest BCUT2D eigenvalue weighted by atomic mass is 9.96. The number of alkyl halides is 3. The third kappa shape index (κ3) is 4.03. The van der Waals surface area contributed by atoms with Crippen LogP contribution in [0.2, 0.25) is 0 Å². The Labute approximate surface area is 207 Å². The molecule has 6 rings (SSSR count). The highest BCUT2D eigenvalue weighted by atomic mass is 19.4. The number of aromatic amines is 1. The highest BCUT2D eigenvalue weighted by Crippen LogP contribution is 2.44. The minimum Gasteiger partial charge on any atom is -0.491 e. The number of fused-ring (bicyclic) bond motifs is 6. The first kappa shape index (κ1) is 23.6. The van der Waals surface area contributed by atoms with E-state index < -0.39 is 23.4 Å². The predicted octanol–water partition coefficient (Wildman–Crippen LogP) is 3.93. The number of hydrogen-bond acceptors (Lipinski definition) is 7. The molecule has 192 valence electrons. The summed E-state index contributed by atoms with van der Waals surface area (Å²) in [7, 11) is 1.78. The summed E-state index contributed by atoms with van der Waals surface area (Å²) in [6.45, 7) is 3.74. The van der Waals surface area contributed by atoms with Crippen LogP contribution in [0.5, 0.6) is 5.75 Å². The maximum atomic E-state index is 15.0. The zero-order chi connectivity index (χ0) is 25.7. The van der Waals surface area contributed by atoms with Crippen molar-refractivity contribution in [3.63, 3.8) is 0 Å². The number of nitrogens with one attached hydrogen (secondary N) is 1. The van der Waals surface area contributed by atoms with Gasteiger partial charge in [0.2, 0.25) is 0 Å². The molecular weight excluding hydrogens is 494 g/mol. The molecule has 0 amide bonds. The van der Waals surface area contributed by atoms with E-state index in [0.717, 1.165) is 13.1 Å². The summed E-state index contributed by atoms with van der Waals surface area (Å²) < 4.78 is 69.4. The molecule has 0 bridgehead atoms. The van der Waals surface area contributed by atoms with Gasteiger partial charge >= 0.3 is 6.18 Å². The van der Waals surface area contributed by atoms with Crippen LogP contribution >= 0.6 is 0 Å². The van der Waals surface area contributed by atoms with Gasteiger partial charge < -0.3 is 14.0 Å². The van der Waals surface area contributed by atoms with E-state index in [9.17, 15) is 13.2 Å². The summed E-state index contributed by atoms with van der Waals surface area (Å²) in [4.78, 5) is 11.1. The number of morpholine rings is 1. The molecule has 1 N–H and O–H groups in total. The molecule has 0 saturated carbocycles. The summed E-state index contributed by atoms with van der Waals surface area (Å²) in [5, 5.41) is 10.2. The van der Waals surface area contributed by atoms with Crippen molar-refractivity contribution in [2.24, 2.45) is 7.05 Å². The molecule has 13 heteroatoms. The molecule has 5 aromatic rings. The van der Waals surface area contributed by atoms with E-state index in [2.05, 4.69) is 25.2 Å². The highest BCUT2D eigenvalue weighted by molar-refractivity contribution is 6.26. The Bertz CT molecular complexity index is 1620. The van der Waals surface area contributed by atoms with E-state index in [1.54, 1.807) is 17.9 Å². The monoisotopic (exact) mass is 515 g/mol. The molecule has 4 heterocycles. The second-order valence-corrected chi connectivity index (χ2v) is 8.80. The average Bonchev–Trinajstić information content (AvgIpc) is 3.52. The van der Waals surface area contributed by atoms with Crippen molar-refractivity contribution in [2.45, 2.75) is 6.18 Å². The minimum atomic E-state index is -4.72. The number of aromatic nitrogens is 6. The lowest BCUT2D eigenvalue weighted by molar-refractivity contribution is -0.140. The fourth-order valence-corrected chi connectivity index (χ4v) is 4.87. The Morgan fingerprint density at radius 3 is 2.70 bits per heavy atom. The number of nitrogens with zero attached hydrogens (tertiary/aromatic N) is 6. The van der Waals surface area contributed by atoms with Gasteiger partial charge in [0.25, 0.3) is 0 Å². The maximum absolute atomic E-state index is 15.0. The molecule has 2 aromatic carbocycles. The van der Waals surface area contributed by atoms with E-state index in [1.807, 2.05) is 5.10 Å². The van der Waals surface area contributed by atoms with Crippen molar-refractivity contribution in [3.05, 3.63) is 42.2 Å². The van der Waals surface area contributed by atoms with Crippen molar-refractivity contribution in [3.8, 4) is 17.0 Å². The number of halogens is 4. The fraction of sp³-hybridized carbons (Fsp3) is 0.333. The molecule has 1 aliphatic heterocycles. The molecule has 0 unspecified atom stereocenters. The Balaban J connectivity index is 1.59. The molecule has 0 radical (unpaired) electrons. The van der Waals surface area contributed by atoms with Crippen LogP contribution in [0.3, 0.4) is 0 Å². The van der Waals surface area contributed by atoms with Gasteiger partial charge in [-0.2, -0.15) is 13.2 Å². The third-order valence-corrected chi connectivity index (χ3v) is 6.54. The summed E-state index contributed by atoms with van der Waals surface area (Å²) in [6, 6.07) is 3.97. The second kappa shape index (κ2) is 8.92. The lowest BCUT2D eigenvalue weighted by Gasteiger charge is -2.26. The van der Waals surface area contributed by atoms with Gasteiger partial charge in [0, 0.05) is 55.3 Å². The minimum absolute atomic E-state index is 0.105. The summed E-state index contributed by atoms with van der Waals surface area (Å²) >= 11 is 0.